The van der Waals surface area contributed by atoms with Crippen LogP contribution < -0.4 is 0 Å². The summed E-state index contributed by atoms with van der Waals surface area (Å²) in [5.41, 5.74) is 1.03. The zero-order chi connectivity index (χ0) is 11.3. The van der Waals surface area contributed by atoms with E-state index in [0.29, 0.717) is 6.42 Å². The molecule has 0 spiro atoms. The fraction of sp³-hybridized carbons (Fsp3) is 0.222. The molecule has 0 fully saturated rings. The van der Waals surface area contributed by atoms with Crippen LogP contribution in [-0.2, 0) is 21.6 Å². The maximum absolute atomic E-state index is 10.5. The van der Waals surface area contributed by atoms with Crippen LogP contribution in [0.1, 0.15) is 15.9 Å². The molecule has 0 aromatic heterocycles. The lowest BCUT2D eigenvalue weighted by Gasteiger charge is -1.99. The molecule has 1 N–H and O–H groups in total. The van der Waals surface area contributed by atoms with Gasteiger partial charge in [0, 0.05) is 0 Å². The van der Waals surface area contributed by atoms with E-state index in [0.717, 1.165) is 5.56 Å². The van der Waals surface area contributed by atoms with Crippen LogP contribution >= 0.6 is 0 Å². The smallest absolute Gasteiger partial charge is 0.335 e. The lowest BCUT2D eigenvalue weighted by Crippen LogP contribution is -1.99. The molecule has 1 aromatic carbocycles. The molecule has 1 aromatic rings. The monoisotopic (exact) mass is 230 g/mol. The Bertz CT molecular complexity index is 399. The second-order valence-corrected chi connectivity index (χ2v) is 3.51. The molecule has 0 radical (unpaired) electrons. The molecule has 0 atom stereocenters. The van der Waals surface area contributed by atoms with Gasteiger partial charge in [-0.2, -0.15) is 0 Å². The van der Waals surface area contributed by atoms with Crippen LogP contribution in [0.2, 0.25) is 0 Å². The van der Waals surface area contributed by atoms with E-state index in [1.165, 1.54) is 12.1 Å². The van der Waals surface area contributed by atoms with Crippen LogP contribution in [0.5, 0.6) is 0 Å². The molecule has 0 heterocycles. The number of aromatic carboxylic acids is 1. The lowest BCUT2D eigenvalue weighted by molar-refractivity contribution is 0.0697. The molecule has 6 heteroatoms. The van der Waals surface area contributed by atoms with Crippen molar-refractivity contribution in [3.8, 4) is 0 Å². The summed E-state index contributed by atoms with van der Waals surface area (Å²) in [5, 5.41) is 8.62. The van der Waals surface area contributed by atoms with Crippen molar-refractivity contribution in [2.24, 2.45) is 0 Å². The van der Waals surface area contributed by atoms with Gasteiger partial charge < -0.3 is 5.11 Å². The third-order valence-corrected chi connectivity index (χ3v) is 2.18. The van der Waals surface area contributed by atoms with Gasteiger partial charge in [-0.25, -0.2) is 13.2 Å². The van der Waals surface area contributed by atoms with E-state index in [9.17, 15) is 13.2 Å². The van der Waals surface area contributed by atoms with Gasteiger partial charge in [0.15, 0.2) is 0 Å². The van der Waals surface area contributed by atoms with Gasteiger partial charge in [-0.15, -0.1) is 0 Å². The number of thiol groups is 1. The molecule has 5 nitrogen and oxygen atoms in total. The Labute approximate surface area is 88.5 Å². The van der Waals surface area contributed by atoms with Gasteiger partial charge in [-0.1, -0.05) is 12.1 Å². The number of carbonyl (C=O) groups is 1. The highest BCUT2D eigenvalue weighted by Gasteiger charge is 2.01. The largest absolute Gasteiger partial charge is 0.478 e. The van der Waals surface area contributed by atoms with Crippen molar-refractivity contribution in [1.82, 2.24) is 0 Å². The molecular formula is C9H10O5S. The summed E-state index contributed by atoms with van der Waals surface area (Å²) in [6, 6.07) is 6.19. The van der Waals surface area contributed by atoms with E-state index < -0.39 is 17.0 Å². The minimum absolute atomic E-state index is 0.0745. The zero-order valence-corrected chi connectivity index (χ0v) is 8.65. The first-order valence-electron chi connectivity index (χ1n) is 4.19. The maximum Gasteiger partial charge on any atom is 0.335 e. The second kappa shape index (κ2) is 5.47. The molecule has 0 aliphatic heterocycles. The quantitative estimate of drug-likeness (QED) is 0.719. The molecule has 0 saturated heterocycles. The fourth-order valence-electron chi connectivity index (χ4n) is 1.05. The summed E-state index contributed by atoms with van der Waals surface area (Å²) >= 11 is 0. The topological polar surface area (TPSA) is 80.7 Å². The van der Waals surface area contributed by atoms with E-state index in [2.05, 4.69) is 4.18 Å². The van der Waals surface area contributed by atoms with Crippen LogP contribution in [0.4, 0.5) is 0 Å². The Morgan fingerprint density at radius 2 is 1.87 bits per heavy atom. The number of hydrogen-bond acceptors (Lipinski definition) is 4. The number of rotatable bonds is 5. The lowest BCUT2D eigenvalue weighted by atomic mass is 10.1. The number of carboxylic acids is 1. The molecule has 1 rings (SSSR count). The van der Waals surface area contributed by atoms with Crippen LogP contribution in [0.3, 0.4) is 0 Å². The summed E-state index contributed by atoms with van der Waals surface area (Å²) in [5.74, 6) is -0.986. The minimum atomic E-state index is -2.81. The van der Waals surface area contributed by atoms with E-state index in [4.69, 9.17) is 5.11 Å². The van der Waals surface area contributed by atoms with E-state index >= 15 is 0 Å². The van der Waals surface area contributed by atoms with Gasteiger partial charge in [0.05, 0.1) is 12.2 Å². The highest BCUT2D eigenvalue weighted by Crippen LogP contribution is 2.05. The van der Waals surface area contributed by atoms with Crippen LogP contribution in [-0.4, -0.2) is 26.1 Å². The van der Waals surface area contributed by atoms with E-state index in [1.807, 2.05) is 0 Å². The second-order valence-electron chi connectivity index (χ2n) is 2.81. The SMILES string of the molecule is O=C(O)c1ccc(CCO[SH](=O)=O)cc1. The van der Waals surface area contributed by atoms with Gasteiger partial charge in [0.1, 0.15) is 0 Å². The summed E-state index contributed by atoms with van der Waals surface area (Å²) in [6.45, 7) is 0.0745. The van der Waals surface area contributed by atoms with Crippen molar-refractivity contribution < 1.29 is 22.5 Å². The minimum Gasteiger partial charge on any atom is -0.478 e. The first kappa shape index (κ1) is 11.7. The van der Waals surface area contributed by atoms with E-state index in [1.54, 1.807) is 12.1 Å². The molecule has 0 aliphatic rings. The van der Waals surface area contributed by atoms with Crippen molar-refractivity contribution >= 4 is 17.0 Å². The molecule has 0 unspecified atom stereocenters. The predicted molar refractivity (Wildman–Crippen MR) is 53.4 cm³/mol. The molecule has 0 saturated carbocycles. The summed E-state index contributed by atoms with van der Waals surface area (Å²) in [6.07, 6.45) is 0.434. The predicted octanol–water partition coefficient (Wildman–Crippen LogP) is 0.470. The first-order valence-corrected chi connectivity index (χ1v) is 5.28. The third-order valence-electron chi connectivity index (χ3n) is 1.79. The van der Waals surface area contributed by atoms with Crippen LogP contribution in [0.15, 0.2) is 24.3 Å². The van der Waals surface area contributed by atoms with Crippen LogP contribution in [0.25, 0.3) is 0 Å². The first-order chi connectivity index (χ1) is 7.09. The Morgan fingerprint density at radius 1 is 1.27 bits per heavy atom. The Kier molecular flexibility index (Phi) is 4.26. The fourth-order valence-corrected chi connectivity index (χ4v) is 1.29. The molecule has 0 aliphatic carbocycles. The van der Waals surface area contributed by atoms with Gasteiger partial charge in [-0.05, 0) is 24.1 Å². The van der Waals surface area contributed by atoms with Crippen molar-refractivity contribution in [2.75, 3.05) is 6.61 Å². The molecule has 15 heavy (non-hydrogen) atoms. The Balaban J connectivity index is 2.53. The van der Waals surface area contributed by atoms with Crippen molar-refractivity contribution in [2.45, 2.75) is 6.42 Å². The van der Waals surface area contributed by atoms with Gasteiger partial charge in [0.25, 0.3) is 11.0 Å². The van der Waals surface area contributed by atoms with Crippen LogP contribution in [0, 0.1) is 0 Å². The highest BCUT2D eigenvalue weighted by atomic mass is 32.2. The van der Waals surface area contributed by atoms with Crippen molar-refractivity contribution in [3.63, 3.8) is 0 Å². The standard InChI is InChI=1S/C9H10O5S/c10-9(11)8-3-1-7(2-4-8)5-6-14-15(12)13/h1-4,15H,5-6H2,(H,10,11). The average molecular weight is 230 g/mol. The third kappa shape index (κ3) is 4.09. The summed E-state index contributed by atoms with van der Waals surface area (Å²) < 4.78 is 24.5. The maximum atomic E-state index is 10.5. The van der Waals surface area contributed by atoms with Crippen molar-refractivity contribution in [3.05, 3.63) is 35.4 Å². The number of benzene rings is 1. The summed E-state index contributed by atoms with van der Waals surface area (Å²) in [7, 11) is -2.81. The molecule has 0 amide bonds. The normalized spacial score (nSPS) is 10.5. The average Bonchev–Trinajstić information content (AvgIpc) is 2.18. The van der Waals surface area contributed by atoms with Gasteiger partial charge in [0.2, 0.25) is 0 Å². The summed E-state index contributed by atoms with van der Waals surface area (Å²) in [4.78, 5) is 10.5. The van der Waals surface area contributed by atoms with Gasteiger partial charge >= 0.3 is 5.97 Å². The molecule has 0 bridgehead atoms. The number of carboxylic acid groups (broad SMARTS) is 1. The Morgan fingerprint density at radius 3 is 2.33 bits per heavy atom. The highest BCUT2D eigenvalue weighted by molar-refractivity contribution is 7.67. The Hall–Kier alpha value is -1.40. The molecule has 82 valence electrons. The molecular weight excluding hydrogens is 220 g/mol. The van der Waals surface area contributed by atoms with Crippen molar-refractivity contribution in [1.29, 1.82) is 0 Å². The number of hydrogen-bond donors (Lipinski definition) is 2. The zero-order valence-electron chi connectivity index (χ0n) is 7.75. The van der Waals surface area contributed by atoms with Gasteiger partial charge in [-0.3, -0.25) is 4.18 Å². The van der Waals surface area contributed by atoms with E-state index in [-0.39, 0.29) is 12.2 Å².